The van der Waals surface area contributed by atoms with Crippen LogP contribution in [0.5, 0.6) is 0 Å². The number of hydrogen-bond donors (Lipinski definition) is 0. The van der Waals surface area contributed by atoms with E-state index in [1.807, 2.05) is 19.2 Å². The molecule has 4 heteroatoms. The molecule has 0 radical (unpaired) electrons. The van der Waals surface area contributed by atoms with E-state index in [1.165, 1.54) is 5.56 Å². The molecule has 0 aliphatic carbocycles. The standard InChI is InChI=1S/C17H18ClN3/c1-13-10-15-17(19-12-13)21(16(11-18)20-15)9-5-8-14-6-3-2-4-7-14/h2-4,6-7,10,12H,5,8-9,11H2,1H3. The van der Waals surface area contributed by atoms with Gasteiger partial charge in [0.1, 0.15) is 11.3 Å². The number of aromatic nitrogens is 3. The average Bonchev–Trinajstić information content (AvgIpc) is 2.85. The van der Waals surface area contributed by atoms with Crippen molar-refractivity contribution >= 4 is 22.8 Å². The van der Waals surface area contributed by atoms with E-state index in [0.717, 1.165) is 41.9 Å². The smallest absolute Gasteiger partial charge is 0.160 e. The fraction of sp³-hybridized carbons (Fsp3) is 0.294. The first-order chi connectivity index (χ1) is 10.3. The molecule has 2 aromatic heterocycles. The topological polar surface area (TPSA) is 30.7 Å². The highest BCUT2D eigenvalue weighted by atomic mass is 35.5. The maximum atomic E-state index is 6.03. The molecular formula is C17H18ClN3. The molecule has 0 unspecified atom stereocenters. The first-order valence-corrected chi connectivity index (χ1v) is 7.73. The minimum atomic E-state index is 0.417. The van der Waals surface area contributed by atoms with Gasteiger partial charge in [-0.25, -0.2) is 9.97 Å². The molecule has 108 valence electrons. The second-order valence-corrected chi connectivity index (χ2v) is 5.53. The molecular weight excluding hydrogens is 282 g/mol. The van der Waals surface area contributed by atoms with Gasteiger partial charge in [0.15, 0.2) is 5.65 Å². The summed E-state index contributed by atoms with van der Waals surface area (Å²) in [4.78, 5) is 9.10. The van der Waals surface area contributed by atoms with Crippen molar-refractivity contribution in [1.82, 2.24) is 14.5 Å². The summed E-state index contributed by atoms with van der Waals surface area (Å²) in [6.45, 7) is 2.92. The lowest BCUT2D eigenvalue weighted by Gasteiger charge is -2.07. The van der Waals surface area contributed by atoms with Crippen molar-refractivity contribution in [2.45, 2.75) is 32.2 Å². The summed E-state index contributed by atoms with van der Waals surface area (Å²) in [7, 11) is 0. The quantitative estimate of drug-likeness (QED) is 0.664. The minimum absolute atomic E-state index is 0.417. The predicted octanol–water partition coefficient (Wildman–Crippen LogP) is 4.11. The molecule has 0 fully saturated rings. The van der Waals surface area contributed by atoms with Gasteiger partial charge in [-0.3, -0.25) is 0 Å². The first-order valence-electron chi connectivity index (χ1n) is 7.19. The Morgan fingerprint density at radius 2 is 2.00 bits per heavy atom. The molecule has 0 spiro atoms. The minimum Gasteiger partial charge on any atom is -0.312 e. The second-order valence-electron chi connectivity index (χ2n) is 5.26. The highest BCUT2D eigenvalue weighted by molar-refractivity contribution is 6.16. The number of halogens is 1. The molecule has 3 aromatic rings. The SMILES string of the molecule is Cc1cnc2c(c1)nc(CCl)n2CCCc1ccccc1. The van der Waals surface area contributed by atoms with E-state index in [2.05, 4.69) is 44.9 Å². The molecule has 0 aliphatic heterocycles. The normalized spacial score (nSPS) is 11.1. The zero-order valence-electron chi connectivity index (χ0n) is 12.1. The summed E-state index contributed by atoms with van der Waals surface area (Å²) in [6, 6.07) is 12.6. The van der Waals surface area contributed by atoms with Gasteiger partial charge in [0.05, 0.1) is 5.88 Å². The summed E-state index contributed by atoms with van der Waals surface area (Å²) in [6.07, 6.45) is 3.98. The Morgan fingerprint density at radius 3 is 2.76 bits per heavy atom. The van der Waals surface area contributed by atoms with Crippen LogP contribution in [0.2, 0.25) is 0 Å². The van der Waals surface area contributed by atoms with Gasteiger partial charge in [0.2, 0.25) is 0 Å². The molecule has 3 nitrogen and oxygen atoms in total. The van der Waals surface area contributed by atoms with Crippen LogP contribution in [0.4, 0.5) is 0 Å². The highest BCUT2D eigenvalue weighted by Gasteiger charge is 2.10. The van der Waals surface area contributed by atoms with E-state index in [4.69, 9.17) is 11.6 Å². The van der Waals surface area contributed by atoms with Gasteiger partial charge in [0, 0.05) is 12.7 Å². The maximum Gasteiger partial charge on any atom is 0.160 e. The average molecular weight is 300 g/mol. The number of hydrogen-bond acceptors (Lipinski definition) is 2. The lowest BCUT2D eigenvalue weighted by Crippen LogP contribution is -2.04. The summed E-state index contributed by atoms with van der Waals surface area (Å²) in [5.74, 6) is 1.32. The van der Waals surface area contributed by atoms with Gasteiger partial charge >= 0.3 is 0 Å². The Morgan fingerprint density at radius 1 is 1.19 bits per heavy atom. The van der Waals surface area contributed by atoms with E-state index in [9.17, 15) is 0 Å². The van der Waals surface area contributed by atoms with E-state index >= 15 is 0 Å². The molecule has 0 N–H and O–H groups in total. The van der Waals surface area contributed by atoms with Crippen LogP contribution in [0, 0.1) is 6.92 Å². The van der Waals surface area contributed by atoms with Crippen LogP contribution in [0.15, 0.2) is 42.6 Å². The number of aryl methyl sites for hydroxylation is 3. The molecule has 0 atom stereocenters. The van der Waals surface area contributed by atoms with Crippen LogP contribution in [-0.4, -0.2) is 14.5 Å². The number of nitrogens with zero attached hydrogens (tertiary/aromatic N) is 3. The van der Waals surface area contributed by atoms with Crippen LogP contribution in [0.3, 0.4) is 0 Å². The first kappa shape index (κ1) is 14.1. The summed E-state index contributed by atoms with van der Waals surface area (Å²) < 4.78 is 2.14. The molecule has 1 aromatic carbocycles. The van der Waals surface area contributed by atoms with Crippen molar-refractivity contribution in [3.05, 3.63) is 59.5 Å². The van der Waals surface area contributed by atoms with E-state index in [1.54, 1.807) is 0 Å². The molecule has 0 amide bonds. The van der Waals surface area contributed by atoms with Gasteiger partial charge in [-0.05, 0) is 37.0 Å². The third-order valence-electron chi connectivity index (χ3n) is 3.61. The van der Waals surface area contributed by atoms with Crippen molar-refractivity contribution in [3.8, 4) is 0 Å². The lowest BCUT2D eigenvalue weighted by molar-refractivity contribution is 0.634. The van der Waals surface area contributed by atoms with Crippen LogP contribution >= 0.6 is 11.6 Å². The van der Waals surface area contributed by atoms with Crippen LogP contribution in [0.1, 0.15) is 23.4 Å². The van der Waals surface area contributed by atoms with E-state index in [-0.39, 0.29) is 0 Å². The van der Waals surface area contributed by atoms with E-state index in [0.29, 0.717) is 5.88 Å². The highest BCUT2D eigenvalue weighted by Crippen LogP contribution is 2.17. The van der Waals surface area contributed by atoms with Crippen LogP contribution in [-0.2, 0) is 18.8 Å². The number of pyridine rings is 1. The maximum absolute atomic E-state index is 6.03. The van der Waals surface area contributed by atoms with Gasteiger partial charge in [-0.2, -0.15) is 0 Å². The summed E-state index contributed by atoms with van der Waals surface area (Å²) in [5, 5.41) is 0. The molecule has 0 aliphatic rings. The zero-order chi connectivity index (χ0) is 14.7. The Labute approximate surface area is 129 Å². The zero-order valence-corrected chi connectivity index (χ0v) is 12.8. The summed E-state index contributed by atoms with van der Waals surface area (Å²) >= 11 is 6.03. The third-order valence-corrected chi connectivity index (χ3v) is 3.85. The van der Waals surface area contributed by atoms with Crippen LogP contribution < -0.4 is 0 Å². The van der Waals surface area contributed by atoms with Crippen LogP contribution in [0.25, 0.3) is 11.2 Å². The number of rotatable bonds is 5. The summed E-state index contributed by atoms with van der Waals surface area (Å²) in [5.41, 5.74) is 4.35. The van der Waals surface area contributed by atoms with Crippen molar-refractivity contribution in [2.24, 2.45) is 0 Å². The number of benzene rings is 1. The lowest BCUT2D eigenvalue weighted by atomic mass is 10.1. The Hall–Kier alpha value is -1.87. The second kappa shape index (κ2) is 6.27. The number of imidazole rings is 1. The Kier molecular flexibility index (Phi) is 4.20. The Bertz CT molecular complexity index is 734. The molecule has 21 heavy (non-hydrogen) atoms. The van der Waals surface area contributed by atoms with Gasteiger partial charge in [-0.1, -0.05) is 30.3 Å². The van der Waals surface area contributed by atoms with Gasteiger partial charge in [-0.15, -0.1) is 11.6 Å². The molecule has 2 heterocycles. The molecule has 0 saturated heterocycles. The van der Waals surface area contributed by atoms with Crippen molar-refractivity contribution in [2.75, 3.05) is 0 Å². The molecule has 0 bridgehead atoms. The van der Waals surface area contributed by atoms with E-state index < -0.39 is 0 Å². The van der Waals surface area contributed by atoms with Crippen molar-refractivity contribution in [1.29, 1.82) is 0 Å². The Balaban J connectivity index is 1.79. The predicted molar refractivity (Wildman–Crippen MR) is 86.6 cm³/mol. The van der Waals surface area contributed by atoms with Crippen molar-refractivity contribution < 1.29 is 0 Å². The van der Waals surface area contributed by atoms with Gasteiger partial charge in [0.25, 0.3) is 0 Å². The molecule has 0 saturated carbocycles. The molecule has 3 rings (SSSR count). The monoisotopic (exact) mass is 299 g/mol. The van der Waals surface area contributed by atoms with Crippen molar-refractivity contribution in [3.63, 3.8) is 0 Å². The van der Waals surface area contributed by atoms with Gasteiger partial charge < -0.3 is 4.57 Å². The number of alkyl halides is 1. The fourth-order valence-electron chi connectivity index (χ4n) is 2.58. The third kappa shape index (κ3) is 3.08. The fourth-order valence-corrected chi connectivity index (χ4v) is 2.79. The largest absolute Gasteiger partial charge is 0.312 e. The number of fused-ring (bicyclic) bond motifs is 1.